The fourth-order valence-corrected chi connectivity index (χ4v) is 7.09. The van der Waals surface area contributed by atoms with Crippen molar-refractivity contribution in [2.75, 3.05) is 18.0 Å². The minimum absolute atomic E-state index is 0.0295. The molecule has 1 N–H and O–H groups in total. The summed E-state index contributed by atoms with van der Waals surface area (Å²) in [6.45, 7) is 3.46. The zero-order valence-corrected chi connectivity index (χ0v) is 26.5. The van der Waals surface area contributed by atoms with Gasteiger partial charge in [0.15, 0.2) is 0 Å². The number of nitrogens with one attached hydrogen (secondary N) is 1. The van der Waals surface area contributed by atoms with Crippen LogP contribution in [0.3, 0.4) is 0 Å². The van der Waals surface area contributed by atoms with Crippen LogP contribution in [0.2, 0.25) is 5.02 Å². The van der Waals surface area contributed by atoms with Gasteiger partial charge in [-0.05, 0) is 62.1 Å². The number of rotatable bonds is 12. The van der Waals surface area contributed by atoms with Gasteiger partial charge < -0.3 is 15.0 Å². The number of aryl methyl sites for hydroxylation is 1. The van der Waals surface area contributed by atoms with Crippen molar-refractivity contribution in [1.82, 2.24) is 10.2 Å². The minimum Gasteiger partial charge on any atom is -0.495 e. The van der Waals surface area contributed by atoms with Crippen molar-refractivity contribution in [2.45, 2.75) is 75.9 Å². The maximum absolute atomic E-state index is 14.3. The molecule has 0 bridgehead atoms. The van der Waals surface area contributed by atoms with Crippen LogP contribution < -0.4 is 14.4 Å². The summed E-state index contributed by atoms with van der Waals surface area (Å²) in [5.41, 5.74) is 2.12. The van der Waals surface area contributed by atoms with E-state index in [0.717, 1.165) is 47.5 Å². The smallest absolute Gasteiger partial charge is 0.264 e. The van der Waals surface area contributed by atoms with Gasteiger partial charge in [0.2, 0.25) is 11.8 Å². The summed E-state index contributed by atoms with van der Waals surface area (Å²) in [5.74, 6) is -0.349. The number of nitrogens with zero attached hydrogens (tertiary/aromatic N) is 2. The van der Waals surface area contributed by atoms with E-state index in [1.54, 1.807) is 30.3 Å². The molecule has 1 fully saturated rings. The van der Waals surface area contributed by atoms with Crippen LogP contribution in [0.4, 0.5) is 5.69 Å². The van der Waals surface area contributed by atoms with E-state index in [4.69, 9.17) is 16.3 Å². The molecule has 0 saturated heterocycles. The van der Waals surface area contributed by atoms with Crippen molar-refractivity contribution in [3.63, 3.8) is 0 Å². The summed E-state index contributed by atoms with van der Waals surface area (Å²) in [6, 6.07) is 19.5. The van der Waals surface area contributed by atoms with E-state index in [2.05, 4.69) is 5.32 Å². The molecule has 3 aromatic rings. The second-order valence-corrected chi connectivity index (χ2v) is 13.2. The van der Waals surface area contributed by atoms with Gasteiger partial charge in [0.25, 0.3) is 10.0 Å². The fourth-order valence-electron chi connectivity index (χ4n) is 5.41. The maximum Gasteiger partial charge on any atom is 0.264 e. The highest BCUT2D eigenvalue weighted by Crippen LogP contribution is 2.32. The second-order valence-electron chi connectivity index (χ2n) is 10.9. The molecular formula is C33H40ClN3O5S. The molecule has 0 aliphatic heterocycles. The summed E-state index contributed by atoms with van der Waals surface area (Å²) in [5, 5.41) is 3.37. The average molecular weight is 626 g/mol. The van der Waals surface area contributed by atoms with Gasteiger partial charge in [0, 0.05) is 12.6 Å². The summed E-state index contributed by atoms with van der Waals surface area (Å²) >= 11 is 6.40. The molecule has 1 aliphatic rings. The van der Waals surface area contributed by atoms with Gasteiger partial charge in [-0.2, -0.15) is 0 Å². The predicted molar refractivity (Wildman–Crippen MR) is 170 cm³/mol. The number of methoxy groups -OCH3 is 1. The molecule has 0 spiro atoms. The van der Waals surface area contributed by atoms with Gasteiger partial charge in [0.05, 0.1) is 22.7 Å². The third-order valence-electron chi connectivity index (χ3n) is 7.84. The first-order valence-electron chi connectivity index (χ1n) is 14.7. The van der Waals surface area contributed by atoms with E-state index in [0.29, 0.717) is 12.2 Å². The number of carbonyl (C=O) groups is 2. The number of sulfonamides is 1. The van der Waals surface area contributed by atoms with Crippen molar-refractivity contribution >= 4 is 39.1 Å². The summed E-state index contributed by atoms with van der Waals surface area (Å²) in [6.07, 6.45) is 5.47. The molecule has 2 amide bonds. The Morgan fingerprint density at radius 1 is 1.00 bits per heavy atom. The zero-order valence-electron chi connectivity index (χ0n) is 25.0. The molecule has 3 aromatic carbocycles. The van der Waals surface area contributed by atoms with E-state index in [1.165, 1.54) is 30.2 Å². The SMILES string of the molecule is CC[C@H](C(=O)NC1CCCCC1)N(Cc1ccc(C)cc1)C(=O)CN(c1ccc(OC)c(Cl)c1)S(=O)(=O)c1ccccc1. The largest absolute Gasteiger partial charge is 0.495 e. The Bertz CT molecular complexity index is 1490. The number of anilines is 1. The number of amides is 2. The van der Waals surface area contributed by atoms with Crippen LogP contribution in [0.5, 0.6) is 5.75 Å². The van der Waals surface area contributed by atoms with Crippen LogP contribution in [0.15, 0.2) is 77.7 Å². The van der Waals surface area contributed by atoms with E-state index >= 15 is 0 Å². The number of hydrogen-bond donors (Lipinski definition) is 1. The summed E-state index contributed by atoms with van der Waals surface area (Å²) in [7, 11) is -2.72. The molecule has 10 heteroatoms. The molecule has 1 aliphatic carbocycles. The zero-order chi connectivity index (χ0) is 31.0. The molecule has 0 aromatic heterocycles. The second kappa shape index (κ2) is 14.8. The molecule has 0 unspecified atom stereocenters. The monoisotopic (exact) mass is 625 g/mol. The highest BCUT2D eigenvalue weighted by atomic mass is 35.5. The van der Waals surface area contributed by atoms with Gasteiger partial charge in [-0.15, -0.1) is 0 Å². The predicted octanol–water partition coefficient (Wildman–Crippen LogP) is 6.11. The lowest BCUT2D eigenvalue weighted by Crippen LogP contribution is -2.54. The third-order valence-corrected chi connectivity index (χ3v) is 9.93. The van der Waals surface area contributed by atoms with Crippen LogP contribution >= 0.6 is 11.6 Å². The lowest BCUT2D eigenvalue weighted by molar-refractivity contribution is -0.140. The Balaban J connectivity index is 1.72. The first-order valence-corrected chi connectivity index (χ1v) is 16.5. The quantitative estimate of drug-likeness (QED) is 0.262. The van der Waals surface area contributed by atoms with Crippen LogP contribution in [-0.2, 0) is 26.2 Å². The molecule has 1 saturated carbocycles. The van der Waals surface area contributed by atoms with E-state index in [-0.39, 0.29) is 34.1 Å². The molecule has 0 heterocycles. The first kappa shape index (κ1) is 32.4. The van der Waals surface area contributed by atoms with Crippen molar-refractivity contribution in [3.8, 4) is 5.75 Å². The number of hydrogen-bond acceptors (Lipinski definition) is 5. The Morgan fingerprint density at radius 2 is 1.67 bits per heavy atom. The van der Waals surface area contributed by atoms with E-state index in [1.807, 2.05) is 38.1 Å². The molecule has 1 atom stereocenters. The Hall–Kier alpha value is -3.56. The van der Waals surface area contributed by atoms with E-state index in [9.17, 15) is 18.0 Å². The molecule has 8 nitrogen and oxygen atoms in total. The molecule has 43 heavy (non-hydrogen) atoms. The number of benzene rings is 3. The minimum atomic E-state index is -4.19. The summed E-state index contributed by atoms with van der Waals surface area (Å²) < 4.78 is 34.3. The molecular weight excluding hydrogens is 586 g/mol. The first-order chi connectivity index (χ1) is 20.6. The third kappa shape index (κ3) is 8.09. The van der Waals surface area contributed by atoms with Crippen molar-refractivity contribution in [1.29, 1.82) is 0 Å². The van der Waals surface area contributed by atoms with Crippen molar-refractivity contribution in [3.05, 3.63) is 88.9 Å². The maximum atomic E-state index is 14.3. The van der Waals surface area contributed by atoms with Crippen LogP contribution in [-0.4, -0.2) is 50.9 Å². The van der Waals surface area contributed by atoms with Gasteiger partial charge in [-0.1, -0.05) is 85.8 Å². The van der Waals surface area contributed by atoms with Crippen LogP contribution in [0.25, 0.3) is 0 Å². The summed E-state index contributed by atoms with van der Waals surface area (Å²) in [4.78, 5) is 29.4. The van der Waals surface area contributed by atoms with Crippen LogP contribution in [0.1, 0.15) is 56.6 Å². The normalized spacial score (nSPS) is 14.5. The topological polar surface area (TPSA) is 96.0 Å². The Labute approximate surface area is 260 Å². The number of carbonyl (C=O) groups excluding carboxylic acids is 2. The van der Waals surface area contributed by atoms with Gasteiger partial charge in [-0.3, -0.25) is 13.9 Å². The highest BCUT2D eigenvalue weighted by Gasteiger charge is 2.34. The molecule has 230 valence electrons. The standard InChI is InChI=1S/C33H40ClN3O5S/c1-4-30(33(39)35-26-11-7-5-8-12-26)36(22-25-17-15-24(2)16-18-25)32(38)23-37(27-19-20-31(42-3)29(34)21-27)43(40,41)28-13-9-6-10-14-28/h6,9-10,13-21,26,30H,4-5,7-8,11-12,22-23H2,1-3H3,(H,35,39)/t30-/m1/s1. The Kier molecular flexibility index (Phi) is 11.1. The number of ether oxygens (including phenoxy) is 1. The van der Waals surface area contributed by atoms with Crippen molar-refractivity contribution < 1.29 is 22.7 Å². The molecule has 4 rings (SSSR count). The lowest BCUT2D eigenvalue weighted by atomic mass is 9.95. The van der Waals surface area contributed by atoms with E-state index < -0.39 is 28.5 Å². The lowest BCUT2D eigenvalue weighted by Gasteiger charge is -2.34. The highest BCUT2D eigenvalue weighted by molar-refractivity contribution is 7.92. The average Bonchev–Trinajstić information content (AvgIpc) is 3.01. The van der Waals surface area contributed by atoms with Crippen LogP contribution in [0, 0.1) is 6.92 Å². The van der Waals surface area contributed by atoms with Gasteiger partial charge >= 0.3 is 0 Å². The Morgan fingerprint density at radius 3 is 2.28 bits per heavy atom. The van der Waals surface area contributed by atoms with Gasteiger partial charge in [0.1, 0.15) is 18.3 Å². The van der Waals surface area contributed by atoms with Gasteiger partial charge in [-0.25, -0.2) is 8.42 Å². The van der Waals surface area contributed by atoms with Crippen molar-refractivity contribution in [2.24, 2.45) is 0 Å². The molecule has 0 radical (unpaired) electrons. The fraction of sp³-hybridized carbons (Fsp3) is 0.394. The number of halogens is 1.